The Hall–Kier alpha value is -2.05. The minimum absolute atomic E-state index is 0. The Morgan fingerprint density at radius 3 is 2.58 bits per heavy atom. The molecule has 7 heteroatoms. The number of carbonyl (C=O) groups excluding carboxylic acids is 1. The second-order valence-corrected chi connectivity index (χ2v) is 6.51. The minimum atomic E-state index is -0.253. The van der Waals surface area contributed by atoms with E-state index in [1.807, 2.05) is 37.3 Å². The van der Waals surface area contributed by atoms with E-state index in [9.17, 15) is 4.79 Å². The zero-order chi connectivity index (χ0) is 18.2. The van der Waals surface area contributed by atoms with Gasteiger partial charge in [0, 0.05) is 12.6 Å². The van der Waals surface area contributed by atoms with Gasteiger partial charge in [-0.2, -0.15) is 5.10 Å². The molecule has 26 heavy (non-hydrogen) atoms. The zero-order valence-electron chi connectivity index (χ0n) is 15.6. The highest BCUT2D eigenvalue weighted by molar-refractivity contribution is 5.95. The Morgan fingerprint density at radius 2 is 2.00 bits per heavy atom. The Labute approximate surface area is 161 Å². The lowest BCUT2D eigenvalue weighted by molar-refractivity contribution is 0.0924. The number of ether oxygens (including phenoxy) is 1. The molecule has 1 aromatic heterocycles. The van der Waals surface area contributed by atoms with E-state index in [1.54, 1.807) is 10.9 Å². The number of nitrogens with two attached hydrogens (primary N) is 1. The number of rotatable bonds is 9. The SMILES string of the molecule is CCCOc1cn(-c2ccccc2)nc1C(=O)NC(CN)CC(C)C.Cl. The zero-order valence-corrected chi connectivity index (χ0v) is 16.5. The molecule has 0 aliphatic heterocycles. The molecule has 1 unspecified atom stereocenters. The first-order valence-electron chi connectivity index (χ1n) is 8.84. The Balaban J connectivity index is 0.00000338. The van der Waals surface area contributed by atoms with Gasteiger partial charge >= 0.3 is 0 Å². The second kappa shape index (κ2) is 10.8. The molecule has 2 rings (SSSR count). The highest BCUT2D eigenvalue weighted by Crippen LogP contribution is 2.20. The highest BCUT2D eigenvalue weighted by Gasteiger charge is 2.21. The van der Waals surface area contributed by atoms with Gasteiger partial charge in [-0.1, -0.05) is 39.0 Å². The Kier molecular flexibility index (Phi) is 9.16. The van der Waals surface area contributed by atoms with Crippen LogP contribution in [0.25, 0.3) is 5.69 Å². The van der Waals surface area contributed by atoms with Crippen LogP contribution in [0.4, 0.5) is 0 Å². The molecule has 0 radical (unpaired) electrons. The van der Waals surface area contributed by atoms with Crippen molar-refractivity contribution in [2.24, 2.45) is 11.7 Å². The monoisotopic (exact) mass is 380 g/mol. The fourth-order valence-corrected chi connectivity index (χ4v) is 2.58. The van der Waals surface area contributed by atoms with E-state index in [0.717, 1.165) is 18.5 Å². The average molecular weight is 381 g/mol. The molecule has 1 aromatic carbocycles. The number of hydrogen-bond donors (Lipinski definition) is 2. The number of nitrogens with one attached hydrogen (secondary N) is 1. The maximum absolute atomic E-state index is 12.7. The third kappa shape index (κ3) is 6.04. The topological polar surface area (TPSA) is 82.2 Å². The van der Waals surface area contributed by atoms with Gasteiger partial charge in [-0.3, -0.25) is 4.79 Å². The number of hydrogen-bond acceptors (Lipinski definition) is 4. The molecular formula is C19H29ClN4O2. The van der Waals surface area contributed by atoms with E-state index in [1.165, 1.54) is 0 Å². The van der Waals surface area contributed by atoms with Gasteiger partial charge in [0.2, 0.25) is 0 Å². The molecule has 0 saturated carbocycles. The van der Waals surface area contributed by atoms with E-state index >= 15 is 0 Å². The quantitative estimate of drug-likeness (QED) is 0.699. The van der Waals surface area contributed by atoms with Crippen LogP contribution >= 0.6 is 12.4 Å². The average Bonchev–Trinajstić information content (AvgIpc) is 3.04. The van der Waals surface area contributed by atoms with Crippen LogP contribution in [0.2, 0.25) is 0 Å². The minimum Gasteiger partial charge on any atom is -0.489 e. The largest absolute Gasteiger partial charge is 0.489 e. The fraction of sp³-hybridized carbons (Fsp3) is 0.474. The van der Waals surface area contributed by atoms with Crippen molar-refractivity contribution in [3.63, 3.8) is 0 Å². The molecule has 0 bridgehead atoms. The second-order valence-electron chi connectivity index (χ2n) is 6.51. The van der Waals surface area contributed by atoms with Crippen LogP contribution < -0.4 is 15.8 Å². The van der Waals surface area contributed by atoms with E-state index in [-0.39, 0.29) is 24.4 Å². The van der Waals surface area contributed by atoms with Crippen molar-refractivity contribution >= 4 is 18.3 Å². The Bertz CT molecular complexity index is 673. The van der Waals surface area contributed by atoms with E-state index in [4.69, 9.17) is 10.5 Å². The highest BCUT2D eigenvalue weighted by atomic mass is 35.5. The normalized spacial score (nSPS) is 11.7. The molecule has 1 atom stereocenters. The van der Waals surface area contributed by atoms with Gasteiger partial charge in [0.05, 0.1) is 18.5 Å². The first kappa shape index (κ1) is 22.0. The van der Waals surface area contributed by atoms with Gasteiger partial charge in [-0.25, -0.2) is 4.68 Å². The number of halogens is 1. The first-order valence-corrected chi connectivity index (χ1v) is 8.84. The first-order chi connectivity index (χ1) is 12.0. The number of para-hydroxylation sites is 1. The summed E-state index contributed by atoms with van der Waals surface area (Å²) in [6.45, 7) is 7.17. The van der Waals surface area contributed by atoms with Gasteiger partial charge in [0.15, 0.2) is 11.4 Å². The fourth-order valence-electron chi connectivity index (χ4n) is 2.58. The molecule has 3 N–H and O–H groups in total. The standard InChI is InChI=1S/C19H28N4O2.ClH/c1-4-10-25-17-13-23(16-8-6-5-7-9-16)22-18(17)19(24)21-15(12-20)11-14(2)3;/h5-9,13-15H,4,10-12,20H2,1-3H3,(H,21,24);1H. The summed E-state index contributed by atoms with van der Waals surface area (Å²) >= 11 is 0. The van der Waals surface area contributed by atoms with E-state index < -0.39 is 0 Å². The van der Waals surface area contributed by atoms with Crippen LogP contribution in [0.5, 0.6) is 5.75 Å². The van der Waals surface area contributed by atoms with Crippen LogP contribution in [-0.4, -0.2) is 34.9 Å². The molecule has 0 aliphatic carbocycles. The Morgan fingerprint density at radius 1 is 1.31 bits per heavy atom. The van der Waals surface area contributed by atoms with Crippen molar-refractivity contribution in [2.45, 2.75) is 39.7 Å². The summed E-state index contributed by atoms with van der Waals surface area (Å²) in [7, 11) is 0. The van der Waals surface area contributed by atoms with Crippen LogP contribution in [0, 0.1) is 5.92 Å². The van der Waals surface area contributed by atoms with E-state index in [0.29, 0.717) is 30.5 Å². The maximum Gasteiger partial charge on any atom is 0.275 e. The van der Waals surface area contributed by atoms with Crippen LogP contribution in [0.3, 0.4) is 0 Å². The van der Waals surface area contributed by atoms with E-state index in [2.05, 4.69) is 24.3 Å². The lowest BCUT2D eigenvalue weighted by Crippen LogP contribution is -2.41. The van der Waals surface area contributed by atoms with Crippen LogP contribution in [0.1, 0.15) is 44.1 Å². The molecule has 0 fully saturated rings. The summed E-state index contributed by atoms with van der Waals surface area (Å²) in [6, 6.07) is 9.58. The predicted molar refractivity (Wildman–Crippen MR) is 106 cm³/mol. The number of benzene rings is 1. The van der Waals surface area contributed by atoms with Gasteiger partial charge in [0.25, 0.3) is 5.91 Å². The van der Waals surface area contributed by atoms with Gasteiger partial charge in [0.1, 0.15) is 0 Å². The van der Waals surface area contributed by atoms with Crippen LogP contribution in [-0.2, 0) is 0 Å². The smallest absolute Gasteiger partial charge is 0.275 e. The summed E-state index contributed by atoms with van der Waals surface area (Å²) in [5.41, 5.74) is 6.96. The predicted octanol–water partition coefficient (Wildman–Crippen LogP) is 3.19. The molecule has 0 saturated heterocycles. The maximum atomic E-state index is 12.7. The number of carbonyl (C=O) groups is 1. The third-order valence-corrected chi connectivity index (χ3v) is 3.75. The summed E-state index contributed by atoms with van der Waals surface area (Å²) in [5.74, 6) is 0.687. The van der Waals surface area contributed by atoms with Crippen molar-refractivity contribution in [3.8, 4) is 11.4 Å². The van der Waals surface area contributed by atoms with Crippen molar-refractivity contribution in [1.82, 2.24) is 15.1 Å². The lowest BCUT2D eigenvalue weighted by atomic mass is 10.0. The van der Waals surface area contributed by atoms with Gasteiger partial charge in [-0.15, -0.1) is 12.4 Å². The number of amides is 1. The summed E-state index contributed by atoms with van der Waals surface area (Å²) in [4.78, 5) is 12.7. The van der Waals surface area contributed by atoms with Crippen molar-refractivity contribution in [1.29, 1.82) is 0 Å². The third-order valence-electron chi connectivity index (χ3n) is 3.75. The van der Waals surface area contributed by atoms with Crippen molar-refractivity contribution < 1.29 is 9.53 Å². The summed E-state index contributed by atoms with van der Waals surface area (Å²) in [6.07, 6.45) is 3.43. The lowest BCUT2D eigenvalue weighted by Gasteiger charge is -2.18. The summed E-state index contributed by atoms with van der Waals surface area (Å²) in [5, 5.41) is 7.41. The molecule has 1 heterocycles. The molecular weight excluding hydrogens is 352 g/mol. The number of aromatic nitrogens is 2. The van der Waals surface area contributed by atoms with Crippen LogP contribution in [0.15, 0.2) is 36.5 Å². The van der Waals surface area contributed by atoms with Gasteiger partial charge < -0.3 is 15.8 Å². The molecule has 0 spiro atoms. The summed E-state index contributed by atoms with van der Waals surface area (Å²) < 4.78 is 7.40. The molecule has 2 aromatic rings. The molecule has 6 nitrogen and oxygen atoms in total. The molecule has 144 valence electrons. The van der Waals surface area contributed by atoms with Crippen molar-refractivity contribution in [3.05, 3.63) is 42.2 Å². The molecule has 0 aliphatic rings. The molecule has 1 amide bonds. The van der Waals surface area contributed by atoms with Gasteiger partial charge in [-0.05, 0) is 30.9 Å². The van der Waals surface area contributed by atoms with Crippen molar-refractivity contribution in [2.75, 3.05) is 13.2 Å². The number of nitrogens with zero attached hydrogens (tertiary/aromatic N) is 2.